The summed E-state index contributed by atoms with van der Waals surface area (Å²) in [4.78, 5) is 25.6. The number of carbonyl (C=O) groups is 2. The van der Waals surface area contributed by atoms with Gasteiger partial charge in [-0.2, -0.15) is 8.42 Å². The first kappa shape index (κ1) is 63.1. The van der Waals surface area contributed by atoms with Gasteiger partial charge in [-0.05, 0) is 44.9 Å². The fraction of sp³-hybridized carbons (Fsp3) is 0.889. The first-order chi connectivity index (χ1) is 32.5. The Morgan fingerprint density at radius 1 is 0.507 bits per heavy atom. The summed E-state index contributed by atoms with van der Waals surface area (Å²) in [5.74, 6) is -1.98. The highest BCUT2D eigenvalue weighted by molar-refractivity contribution is 7.85. The van der Waals surface area contributed by atoms with Crippen LogP contribution in [0.4, 0.5) is 0 Å². The number of carbonyl (C=O) groups excluding carboxylic acids is 2. The van der Waals surface area contributed by atoms with Crippen molar-refractivity contribution in [3.05, 3.63) is 24.3 Å². The summed E-state index contributed by atoms with van der Waals surface area (Å²) in [6.45, 7) is 3.78. The maximum atomic E-state index is 12.9. The standard InChI is InChI=1S/C54H100O12S/c1-3-5-7-9-11-13-15-17-19-21-22-23-24-25-27-28-30-32-34-36-38-40-42-49(55)63-44-47(45-64-54-53(59)52(58)51(57)48(66-54)46-67(60,61)62)65-50(56)43-41-39-37-35-33-31-29-26-20-18-16-14-12-10-8-6-4-2/h12,14,18,20,47-48,51-54,57-59H,3-11,13,15-17,19,21-46H2,1-2H3,(H,60,61,62)/b14-12+,20-18+/t47-,48-,51-,52?,53?,54+/m1/s1. The minimum atomic E-state index is -4.61. The van der Waals surface area contributed by atoms with Crippen LogP contribution >= 0.6 is 0 Å². The average molecular weight is 973 g/mol. The molecule has 12 nitrogen and oxygen atoms in total. The predicted octanol–water partition coefficient (Wildman–Crippen LogP) is 12.7. The van der Waals surface area contributed by atoms with Gasteiger partial charge in [0.05, 0.1) is 6.61 Å². The maximum absolute atomic E-state index is 12.9. The van der Waals surface area contributed by atoms with Gasteiger partial charge in [0, 0.05) is 12.8 Å². The van der Waals surface area contributed by atoms with Crippen LogP contribution in [0.3, 0.4) is 0 Å². The SMILES string of the molecule is CCCCC/C=C/C/C=C/CCCCCCCCCC(=O)O[C@H](COC(=O)CCCCCCCCCCCCCCCCCCCCCCCC)CO[C@H]1O[C@H](CS(=O)(=O)O)[C@@H](O)C(O)C1O. The molecule has 1 heterocycles. The molecule has 0 radical (unpaired) electrons. The van der Waals surface area contributed by atoms with Crippen LogP contribution in [0.15, 0.2) is 24.3 Å². The minimum Gasteiger partial charge on any atom is -0.462 e. The van der Waals surface area contributed by atoms with E-state index in [-0.39, 0.29) is 19.4 Å². The Bertz CT molecular complexity index is 1320. The van der Waals surface area contributed by atoms with E-state index >= 15 is 0 Å². The van der Waals surface area contributed by atoms with Crippen LogP contribution in [0.5, 0.6) is 0 Å². The Hall–Kier alpha value is -1.87. The minimum absolute atomic E-state index is 0.158. The molecule has 0 amide bonds. The van der Waals surface area contributed by atoms with Crippen molar-refractivity contribution in [2.45, 2.75) is 288 Å². The van der Waals surface area contributed by atoms with Crippen LogP contribution in [0, 0.1) is 0 Å². The summed E-state index contributed by atoms with van der Waals surface area (Å²) in [7, 11) is -4.61. The maximum Gasteiger partial charge on any atom is 0.306 e. The summed E-state index contributed by atoms with van der Waals surface area (Å²) in [6, 6.07) is 0. The zero-order valence-electron chi connectivity index (χ0n) is 42.5. The van der Waals surface area contributed by atoms with Gasteiger partial charge in [0.25, 0.3) is 10.1 Å². The Balaban J connectivity index is 2.32. The first-order valence-corrected chi connectivity index (χ1v) is 29.0. The molecule has 1 aliphatic rings. The molecule has 1 fully saturated rings. The monoisotopic (exact) mass is 973 g/mol. The average Bonchev–Trinajstić information content (AvgIpc) is 3.30. The number of hydrogen-bond acceptors (Lipinski definition) is 11. The van der Waals surface area contributed by atoms with Gasteiger partial charge in [0.1, 0.15) is 36.8 Å². The van der Waals surface area contributed by atoms with E-state index in [0.717, 1.165) is 57.8 Å². The van der Waals surface area contributed by atoms with Gasteiger partial charge in [-0.3, -0.25) is 14.1 Å². The van der Waals surface area contributed by atoms with Gasteiger partial charge in [0.15, 0.2) is 12.4 Å². The topological polar surface area (TPSA) is 186 Å². The van der Waals surface area contributed by atoms with Crippen molar-refractivity contribution >= 4 is 22.1 Å². The van der Waals surface area contributed by atoms with Gasteiger partial charge < -0.3 is 34.3 Å². The van der Waals surface area contributed by atoms with E-state index in [0.29, 0.717) is 12.8 Å². The summed E-state index contributed by atoms with van der Waals surface area (Å²) in [5.41, 5.74) is 0. The molecule has 0 aliphatic carbocycles. The van der Waals surface area contributed by atoms with Gasteiger partial charge in [0.2, 0.25) is 0 Å². The summed E-state index contributed by atoms with van der Waals surface area (Å²) < 4.78 is 54.3. The van der Waals surface area contributed by atoms with Crippen molar-refractivity contribution in [2.24, 2.45) is 0 Å². The lowest BCUT2D eigenvalue weighted by atomic mass is 10.00. The fourth-order valence-corrected chi connectivity index (χ4v) is 9.22. The molecule has 1 rings (SSSR count). The van der Waals surface area contributed by atoms with Crippen LogP contribution in [-0.4, -0.2) is 96.0 Å². The molecule has 0 aromatic heterocycles. The second kappa shape index (κ2) is 44.1. The zero-order valence-corrected chi connectivity index (χ0v) is 43.3. The number of aliphatic hydroxyl groups is 3. The van der Waals surface area contributed by atoms with Gasteiger partial charge >= 0.3 is 11.9 Å². The highest BCUT2D eigenvalue weighted by Gasteiger charge is 2.46. The van der Waals surface area contributed by atoms with E-state index < -0.39 is 71.2 Å². The summed E-state index contributed by atoms with van der Waals surface area (Å²) in [6.07, 6.45) is 42.2. The molecule has 0 aromatic rings. The van der Waals surface area contributed by atoms with E-state index in [2.05, 4.69) is 38.2 Å². The highest BCUT2D eigenvalue weighted by atomic mass is 32.2. The highest BCUT2D eigenvalue weighted by Crippen LogP contribution is 2.24. The molecule has 67 heavy (non-hydrogen) atoms. The Morgan fingerprint density at radius 2 is 0.896 bits per heavy atom. The van der Waals surface area contributed by atoms with Crippen LogP contribution < -0.4 is 0 Å². The van der Waals surface area contributed by atoms with Crippen molar-refractivity contribution in [3.63, 3.8) is 0 Å². The Labute approximate surface area is 408 Å². The number of unbranched alkanes of at least 4 members (excludes halogenated alkanes) is 31. The molecule has 394 valence electrons. The number of ether oxygens (including phenoxy) is 4. The van der Waals surface area contributed by atoms with E-state index in [1.165, 1.54) is 154 Å². The van der Waals surface area contributed by atoms with Gasteiger partial charge in [-0.15, -0.1) is 0 Å². The molecule has 6 atom stereocenters. The third-order valence-electron chi connectivity index (χ3n) is 12.8. The lowest BCUT2D eigenvalue weighted by Gasteiger charge is -2.40. The number of hydrogen-bond donors (Lipinski definition) is 4. The predicted molar refractivity (Wildman–Crippen MR) is 270 cm³/mol. The molecular formula is C54H100O12S. The summed E-state index contributed by atoms with van der Waals surface area (Å²) in [5, 5.41) is 31.0. The smallest absolute Gasteiger partial charge is 0.306 e. The van der Waals surface area contributed by atoms with E-state index in [9.17, 15) is 37.9 Å². The van der Waals surface area contributed by atoms with Crippen LogP contribution in [0.25, 0.3) is 0 Å². The molecule has 0 aromatic carbocycles. The fourth-order valence-electron chi connectivity index (χ4n) is 8.53. The normalized spacial score (nSPS) is 19.4. The quantitative estimate of drug-likeness (QED) is 0.0196. The molecule has 13 heteroatoms. The number of esters is 2. The lowest BCUT2D eigenvalue weighted by molar-refractivity contribution is -0.297. The van der Waals surface area contributed by atoms with Crippen molar-refractivity contribution in [3.8, 4) is 0 Å². The largest absolute Gasteiger partial charge is 0.462 e. The molecule has 1 aliphatic heterocycles. The second-order valence-corrected chi connectivity index (χ2v) is 20.8. The molecule has 2 unspecified atom stereocenters. The lowest BCUT2D eigenvalue weighted by Crippen LogP contribution is -2.60. The number of rotatable bonds is 47. The van der Waals surface area contributed by atoms with E-state index in [1.54, 1.807) is 0 Å². The molecule has 1 saturated heterocycles. The van der Waals surface area contributed by atoms with Crippen LogP contribution in [0.2, 0.25) is 0 Å². The number of aliphatic hydroxyl groups excluding tert-OH is 3. The Morgan fingerprint density at radius 3 is 1.34 bits per heavy atom. The molecule has 0 saturated carbocycles. The van der Waals surface area contributed by atoms with Crippen molar-refractivity contribution in [1.82, 2.24) is 0 Å². The van der Waals surface area contributed by atoms with Crippen molar-refractivity contribution in [1.29, 1.82) is 0 Å². The molecule has 0 bridgehead atoms. The molecular weight excluding hydrogens is 873 g/mol. The van der Waals surface area contributed by atoms with Gasteiger partial charge in [-0.25, -0.2) is 0 Å². The second-order valence-electron chi connectivity index (χ2n) is 19.3. The van der Waals surface area contributed by atoms with Crippen molar-refractivity contribution < 1.29 is 56.8 Å². The first-order valence-electron chi connectivity index (χ1n) is 27.4. The van der Waals surface area contributed by atoms with Crippen LogP contribution in [0.1, 0.15) is 251 Å². The molecule has 0 spiro atoms. The Kier molecular flexibility index (Phi) is 41.6. The van der Waals surface area contributed by atoms with E-state index in [1.807, 2.05) is 0 Å². The van der Waals surface area contributed by atoms with Crippen LogP contribution in [-0.2, 0) is 38.7 Å². The summed E-state index contributed by atoms with van der Waals surface area (Å²) >= 11 is 0. The number of allylic oxidation sites excluding steroid dienone is 4. The molecule has 4 N–H and O–H groups in total. The third-order valence-corrected chi connectivity index (χ3v) is 13.5. The zero-order chi connectivity index (χ0) is 49.1. The van der Waals surface area contributed by atoms with Crippen molar-refractivity contribution in [2.75, 3.05) is 19.0 Å². The third kappa shape index (κ3) is 38.6. The van der Waals surface area contributed by atoms with Gasteiger partial charge in [-0.1, -0.05) is 218 Å². The van der Waals surface area contributed by atoms with E-state index in [4.69, 9.17) is 18.9 Å².